The summed E-state index contributed by atoms with van der Waals surface area (Å²) in [5.74, 6) is 0.135. The summed E-state index contributed by atoms with van der Waals surface area (Å²) in [6.07, 6.45) is 3.11. The molecule has 2 aromatic carbocycles. The van der Waals surface area contributed by atoms with E-state index in [1.807, 2.05) is 35.9 Å². The normalized spacial score (nSPS) is 10.7. The molecule has 1 amide bonds. The first-order chi connectivity index (χ1) is 15.0. The number of nitrogens with zero attached hydrogens (tertiary/aromatic N) is 1. The topological polar surface area (TPSA) is 78.8 Å². The van der Waals surface area contributed by atoms with Crippen LogP contribution in [0.4, 0.5) is 10.5 Å². The third-order valence-corrected chi connectivity index (χ3v) is 5.16. The van der Waals surface area contributed by atoms with Crippen molar-refractivity contribution in [2.24, 2.45) is 0 Å². The van der Waals surface area contributed by atoms with Crippen molar-refractivity contribution in [3.8, 4) is 5.75 Å². The summed E-state index contributed by atoms with van der Waals surface area (Å²) in [6.45, 7) is 2.87. The van der Waals surface area contributed by atoms with Gasteiger partial charge in [-0.3, -0.25) is 5.32 Å². The van der Waals surface area contributed by atoms with Crippen molar-refractivity contribution in [3.63, 3.8) is 0 Å². The lowest BCUT2D eigenvalue weighted by Crippen LogP contribution is -2.14. The lowest BCUT2D eigenvalue weighted by molar-refractivity contribution is 0.0600. The predicted octanol–water partition coefficient (Wildman–Crippen LogP) is 5.49. The summed E-state index contributed by atoms with van der Waals surface area (Å²) in [4.78, 5) is 23.8. The Bertz CT molecular complexity index is 1090. The highest BCUT2D eigenvalue weighted by atomic mass is 35.5. The molecule has 1 heterocycles. The highest BCUT2D eigenvalue weighted by molar-refractivity contribution is 6.35. The van der Waals surface area contributed by atoms with Gasteiger partial charge in [-0.25, -0.2) is 9.59 Å². The first kappa shape index (κ1) is 22.5. The number of carbonyl (C=O) groups is 2. The number of aromatic nitrogens is 1. The van der Waals surface area contributed by atoms with E-state index in [0.717, 1.165) is 29.3 Å². The molecule has 0 unspecified atom stereocenters. The van der Waals surface area contributed by atoms with Gasteiger partial charge < -0.3 is 18.8 Å². The molecule has 7 nitrogen and oxygen atoms in total. The van der Waals surface area contributed by atoms with E-state index in [9.17, 15) is 9.59 Å². The van der Waals surface area contributed by atoms with Crippen molar-refractivity contribution in [2.45, 2.75) is 26.3 Å². The molecule has 3 aromatic rings. The molecule has 0 aliphatic carbocycles. The second-order valence-corrected chi connectivity index (χ2v) is 7.38. The zero-order valence-corrected chi connectivity index (χ0v) is 18.5. The van der Waals surface area contributed by atoms with Crippen molar-refractivity contribution in [3.05, 3.63) is 58.7 Å². The van der Waals surface area contributed by atoms with E-state index in [0.29, 0.717) is 35.2 Å². The maximum atomic E-state index is 12.0. The zero-order chi connectivity index (χ0) is 22.4. The highest BCUT2D eigenvalue weighted by Gasteiger charge is 2.14. The van der Waals surface area contributed by atoms with Gasteiger partial charge in [-0.15, -0.1) is 0 Å². The number of ether oxygens (including phenoxy) is 3. The molecule has 0 radical (unpaired) electrons. The summed E-state index contributed by atoms with van der Waals surface area (Å²) in [5, 5.41) is 4.20. The number of benzene rings is 2. The van der Waals surface area contributed by atoms with Crippen LogP contribution in [0.5, 0.6) is 5.75 Å². The lowest BCUT2D eigenvalue weighted by Gasteiger charge is -2.12. The maximum Gasteiger partial charge on any atom is 0.411 e. The molecular formula is C23H25ClN2O5. The van der Waals surface area contributed by atoms with Crippen molar-refractivity contribution in [2.75, 3.05) is 26.1 Å². The number of methoxy groups -OCH3 is 2. The van der Waals surface area contributed by atoms with Crippen LogP contribution in [0.2, 0.25) is 5.02 Å². The van der Waals surface area contributed by atoms with E-state index in [4.69, 9.17) is 25.8 Å². The van der Waals surface area contributed by atoms with Gasteiger partial charge in [0.15, 0.2) is 0 Å². The molecule has 0 aliphatic rings. The van der Waals surface area contributed by atoms with Crippen LogP contribution < -0.4 is 10.1 Å². The van der Waals surface area contributed by atoms with Crippen molar-refractivity contribution >= 4 is 40.3 Å². The SMILES string of the molecule is CCCCOC(=O)Nc1ccc2c(Cl)cn(Cc3ccc(C(=O)OC)cc3OC)c2c1. The second kappa shape index (κ2) is 10.2. The summed E-state index contributed by atoms with van der Waals surface area (Å²) in [7, 11) is 2.88. The van der Waals surface area contributed by atoms with Gasteiger partial charge in [-0.1, -0.05) is 31.0 Å². The van der Waals surface area contributed by atoms with Gasteiger partial charge in [0.2, 0.25) is 0 Å². The first-order valence-electron chi connectivity index (χ1n) is 9.94. The molecule has 3 rings (SSSR count). The van der Waals surface area contributed by atoms with Crippen LogP contribution in [0.1, 0.15) is 35.7 Å². The van der Waals surface area contributed by atoms with Gasteiger partial charge in [0, 0.05) is 22.8 Å². The Morgan fingerprint density at radius 1 is 1.13 bits per heavy atom. The Morgan fingerprint density at radius 3 is 2.65 bits per heavy atom. The van der Waals surface area contributed by atoms with Gasteiger partial charge in [-0.05, 0) is 36.8 Å². The fraction of sp³-hybridized carbons (Fsp3) is 0.304. The molecular weight excluding hydrogens is 420 g/mol. The average Bonchev–Trinajstić information content (AvgIpc) is 3.08. The molecule has 0 fully saturated rings. The summed E-state index contributed by atoms with van der Waals surface area (Å²) >= 11 is 6.42. The quantitative estimate of drug-likeness (QED) is 0.367. The number of rotatable bonds is 8. The minimum Gasteiger partial charge on any atom is -0.496 e. The molecule has 0 bridgehead atoms. The smallest absolute Gasteiger partial charge is 0.411 e. The Kier molecular flexibility index (Phi) is 7.41. The summed E-state index contributed by atoms with van der Waals surface area (Å²) in [5.41, 5.74) is 2.72. The van der Waals surface area contributed by atoms with Gasteiger partial charge >= 0.3 is 12.1 Å². The monoisotopic (exact) mass is 444 g/mol. The number of esters is 1. The minimum absolute atomic E-state index is 0.383. The molecule has 0 saturated carbocycles. The van der Waals surface area contributed by atoms with Crippen LogP contribution in [0.3, 0.4) is 0 Å². The molecule has 0 saturated heterocycles. The number of anilines is 1. The molecule has 0 spiro atoms. The number of fused-ring (bicyclic) bond motifs is 1. The number of hydrogen-bond acceptors (Lipinski definition) is 5. The van der Waals surface area contributed by atoms with Crippen LogP contribution in [-0.2, 0) is 16.0 Å². The van der Waals surface area contributed by atoms with Gasteiger partial charge in [0.25, 0.3) is 0 Å². The molecule has 1 aromatic heterocycles. The molecule has 31 heavy (non-hydrogen) atoms. The molecule has 0 aliphatic heterocycles. The lowest BCUT2D eigenvalue weighted by atomic mass is 10.1. The minimum atomic E-state index is -0.489. The number of hydrogen-bond donors (Lipinski definition) is 1. The van der Waals surface area contributed by atoms with Crippen molar-refractivity contribution in [1.82, 2.24) is 4.57 Å². The molecule has 0 atom stereocenters. The third kappa shape index (κ3) is 5.30. The Morgan fingerprint density at radius 2 is 1.94 bits per heavy atom. The largest absolute Gasteiger partial charge is 0.496 e. The van der Waals surface area contributed by atoms with Crippen molar-refractivity contribution in [1.29, 1.82) is 0 Å². The maximum absolute atomic E-state index is 12.0. The second-order valence-electron chi connectivity index (χ2n) is 6.97. The van der Waals surface area contributed by atoms with Crippen molar-refractivity contribution < 1.29 is 23.8 Å². The van der Waals surface area contributed by atoms with Gasteiger partial charge in [-0.2, -0.15) is 0 Å². The third-order valence-electron chi connectivity index (χ3n) is 4.86. The van der Waals surface area contributed by atoms with E-state index >= 15 is 0 Å². The summed E-state index contributed by atoms with van der Waals surface area (Å²) in [6, 6.07) is 10.6. The van der Waals surface area contributed by atoms with E-state index < -0.39 is 12.1 Å². The van der Waals surface area contributed by atoms with E-state index in [2.05, 4.69) is 5.32 Å². The van der Waals surface area contributed by atoms with Gasteiger partial charge in [0.1, 0.15) is 5.75 Å². The van der Waals surface area contributed by atoms with E-state index in [-0.39, 0.29) is 0 Å². The van der Waals surface area contributed by atoms with Crippen LogP contribution in [0.25, 0.3) is 10.9 Å². The molecule has 8 heteroatoms. The standard InChI is InChI=1S/C23H25ClN2O5/c1-4-5-10-31-23(28)25-17-8-9-18-19(24)14-26(20(18)12-17)13-16-7-6-15(22(27)30-3)11-21(16)29-2/h6-9,11-12,14H,4-5,10,13H2,1-3H3,(H,25,28). The summed E-state index contributed by atoms with van der Waals surface area (Å²) < 4.78 is 17.4. The zero-order valence-electron chi connectivity index (χ0n) is 17.7. The van der Waals surface area contributed by atoms with Crippen LogP contribution >= 0.6 is 11.6 Å². The average molecular weight is 445 g/mol. The van der Waals surface area contributed by atoms with Crippen LogP contribution in [-0.4, -0.2) is 37.5 Å². The van der Waals surface area contributed by atoms with E-state index in [1.165, 1.54) is 7.11 Å². The predicted molar refractivity (Wildman–Crippen MR) is 120 cm³/mol. The number of amides is 1. The van der Waals surface area contributed by atoms with E-state index in [1.54, 1.807) is 25.3 Å². The number of carbonyl (C=O) groups excluding carboxylic acids is 2. The highest BCUT2D eigenvalue weighted by Crippen LogP contribution is 2.30. The molecule has 1 N–H and O–H groups in total. The van der Waals surface area contributed by atoms with Crippen LogP contribution in [0, 0.1) is 0 Å². The number of halogens is 1. The Labute approximate surface area is 185 Å². The van der Waals surface area contributed by atoms with Gasteiger partial charge in [0.05, 0.1) is 43.5 Å². The first-order valence-corrected chi connectivity index (χ1v) is 10.3. The van der Waals surface area contributed by atoms with Crippen LogP contribution in [0.15, 0.2) is 42.6 Å². The Hall–Kier alpha value is -3.19. The fourth-order valence-corrected chi connectivity index (χ4v) is 3.50. The fourth-order valence-electron chi connectivity index (χ4n) is 3.22. The Balaban J connectivity index is 1.87. The molecule has 164 valence electrons. The number of unbranched alkanes of at least 4 members (excludes halogenated alkanes) is 1. The number of nitrogens with one attached hydrogen (secondary N) is 1.